The molecule has 0 aliphatic carbocycles. The molecule has 4 rings (SSSR count). The van der Waals surface area contributed by atoms with Crippen molar-refractivity contribution < 1.29 is 27.4 Å². The van der Waals surface area contributed by atoms with Crippen molar-refractivity contribution in [3.63, 3.8) is 0 Å². The lowest BCUT2D eigenvalue weighted by Gasteiger charge is -2.42. The number of methoxy groups -OCH3 is 2. The van der Waals surface area contributed by atoms with Gasteiger partial charge in [-0.2, -0.15) is 13.2 Å². The quantitative estimate of drug-likeness (QED) is 0.418. The van der Waals surface area contributed by atoms with Gasteiger partial charge in [-0.1, -0.05) is 42.5 Å². The van der Waals surface area contributed by atoms with E-state index >= 15 is 0 Å². The Bertz CT molecular complexity index is 1210. The maximum atomic E-state index is 13.2. The molecule has 5 nitrogen and oxygen atoms in total. The molecule has 3 aromatic carbocycles. The number of alkyl halides is 3. The lowest BCUT2D eigenvalue weighted by atomic mass is 9.86. The van der Waals surface area contributed by atoms with Crippen LogP contribution in [0.25, 0.3) is 0 Å². The number of nitrogens with zero attached hydrogens (tertiary/aromatic N) is 1. The molecule has 0 radical (unpaired) electrons. The average molecular weight is 513 g/mol. The highest BCUT2D eigenvalue weighted by Crippen LogP contribution is 2.43. The Labute approximate surface area is 215 Å². The number of nitrogens with one attached hydrogen (secondary N) is 1. The zero-order valence-corrected chi connectivity index (χ0v) is 21.1. The number of aryl methyl sites for hydroxylation is 1. The van der Waals surface area contributed by atoms with E-state index in [0.29, 0.717) is 37.3 Å². The molecule has 1 aliphatic rings. The first-order chi connectivity index (χ1) is 17.8. The molecule has 8 heteroatoms. The first-order valence-corrected chi connectivity index (χ1v) is 12.2. The van der Waals surface area contributed by atoms with Crippen LogP contribution < -0.4 is 14.8 Å². The minimum absolute atomic E-state index is 0.116. The Hall–Kier alpha value is -3.52. The van der Waals surface area contributed by atoms with Crippen molar-refractivity contribution in [2.75, 3.05) is 27.8 Å². The van der Waals surface area contributed by atoms with Gasteiger partial charge >= 0.3 is 6.18 Å². The number of carbonyl (C=O) groups is 1. The van der Waals surface area contributed by atoms with Gasteiger partial charge in [0.2, 0.25) is 5.91 Å². The van der Waals surface area contributed by atoms with Gasteiger partial charge in [-0.05, 0) is 65.8 Å². The number of halogens is 3. The van der Waals surface area contributed by atoms with Crippen LogP contribution in [0.4, 0.5) is 13.2 Å². The van der Waals surface area contributed by atoms with E-state index in [1.807, 2.05) is 42.5 Å². The molecular weight excluding hydrogens is 481 g/mol. The number of benzene rings is 3. The molecule has 0 saturated heterocycles. The van der Waals surface area contributed by atoms with E-state index in [-0.39, 0.29) is 11.9 Å². The number of rotatable bonds is 8. The largest absolute Gasteiger partial charge is 0.493 e. The number of ether oxygens (including phenoxy) is 2. The summed E-state index contributed by atoms with van der Waals surface area (Å²) in [6.45, 7) is 0.632. The van der Waals surface area contributed by atoms with Gasteiger partial charge in [-0.25, -0.2) is 0 Å². The van der Waals surface area contributed by atoms with Gasteiger partial charge < -0.3 is 14.8 Å². The van der Waals surface area contributed by atoms with Crippen LogP contribution in [0.15, 0.2) is 66.7 Å². The van der Waals surface area contributed by atoms with Crippen molar-refractivity contribution in [1.82, 2.24) is 10.2 Å². The number of carbonyl (C=O) groups excluding carboxylic acids is 1. The van der Waals surface area contributed by atoms with E-state index < -0.39 is 17.8 Å². The minimum atomic E-state index is -4.37. The van der Waals surface area contributed by atoms with E-state index in [4.69, 9.17) is 9.47 Å². The molecule has 37 heavy (non-hydrogen) atoms. The van der Waals surface area contributed by atoms with Crippen LogP contribution in [-0.2, 0) is 23.8 Å². The van der Waals surface area contributed by atoms with Crippen molar-refractivity contribution in [3.8, 4) is 11.5 Å². The summed E-state index contributed by atoms with van der Waals surface area (Å²) in [7, 11) is 4.80. The lowest BCUT2D eigenvalue weighted by molar-refractivity contribution is -0.137. The minimum Gasteiger partial charge on any atom is -0.493 e. The predicted molar refractivity (Wildman–Crippen MR) is 136 cm³/mol. The second-order valence-electron chi connectivity index (χ2n) is 9.07. The molecular formula is C29H31F3N2O3. The van der Waals surface area contributed by atoms with Crippen molar-refractivity contribution in [1.29, 1.82) is 0 Å². The fraction of sp³-hybridized carbons (Fsp3) is 0.345. The van der Waals surface area contributed by atoms with Crippen molar-refractivity contribution in [2.24, 2.45) is 0 Å². The van der Waals surface area contributed by atoms with Crippen LogP contribution in [0.3, 0.4) is 0 Å². The molecule has 0 saturated carbocycles. The lowest BCUT2D eigenvalue weighted by Crippen LogP contribution is -2.44. The van der Waals surface area contributed by atoms with Crippen molar-refractivity contribution in [2.45, 2.75) is 37.5 Å². The topological polar surface area (TPSA) is 50.8 Å². The van der Waals surface area contributed by atoms with Crippen molar-refractivity contribution >= 4 is 5.91 Å². The van der Waals surface area contributed by atoms with Gasteiger partial charge in [-0.15, -0.1) is 0 Å². The molecule has 0 unspecified atom stereocenters. The highest BCUT2D eigenvalue weighted by molar-refractivity contribution is 5.83. The van der Waals surface area contributed by atoms with Crippen LogP contribution in [0, 0.1) is 0 Å². The number of hydrogen-bond donors (Lipinski definition) is 1. The van der Waals surface area contributed by atoms with Crippen LogP contribution in [0.1, 0.15) is 46.3 Å². The average Bonchev–Trinajstić information content (AvgIpc) is 2.91. The Morgan fingerprint density at radius 2 is 1.68 bits per heavy atom. The van der Waals surface area contributed by atoms with E-state index in [2.05, 4.69) is 10.2 Å². The maximum Gasteiger partial charge on any atom is 0.416 e. The maximum absolute atomic E-state index is 13.2. The highest BCUT2D eigenvalue weighted by atomic mass is 19.4. The summed E-state index contributed by atoms with van der Waals surface area (Å²) in [5.74, 6) is 1.12. The van der Waals surface area contributed by atoms with Crippen LogP contribution in [0.2, 0.25) is 0 Å². The summed E-state index contributed by atoms with van der Waals surface area (Å²) in [4.78, 5) is 15.4. The second kappa shape index (κ2) is 11.3. The second-order valence-corrected chi connectivity index (χ2v) is 9.07. The molecule has 0 spiro atoms. The zero-order valence-electron chi connectivity index (χ0n) is 21.1. The smallest absolute Gasteiger partial charge is 0.416 e. The first-order valence-electron chi connectivity index (χ1n) is 12.2. The Morgan fingerprint density at radius 3 is 2.27 bits per heavy atom. The normalized spacial score (nSPS) is 16.5. The van der Waals surface area contributed by atoms with Gasteiger partial charge in [0.25, 0.3) is 0 Å². The molecule has 0 aromatic heterocycles. The van der Waals surface area contributed by atoms with Gasteiger partial charge in [-0.3, -0.25) is 9.69 Å². The van der Waals surface area contributed by atoms with Gasteiger partial charge in [0.1, 0.15) is 6.04 Å². The summed E-state index contributed by atoms with van der Waals surface area (Å²) in [5.41, 5.74) is 3.15. The molecule has 2 atom stereocenters. The summed E-state index contributed by atoms with van der Waals surface area (Å²) in [5, 5.41) is 2.81. The van der Waals surface area contributed by atoms with E-state index in [1.54, 1.807) is 21.3 Å². The zero-order chi connectivity index (χ0) is 26.6. The molecule has 1 aliphatic heterocycles. The molecule has 1 N–H and O–H groups in total. The molecule has 0 bridgehead atoms. The Kier molecular flexibility index (Phi) is 8.07. The Balaban J connectivity index is 1.73. The SMILES string of the molecule is CNC(=O)[C@H](c1ccccc1)N1CCc2cc(OC)c(OC)cc2[C@@H]1CCc1ccc(C(F)(F)F)cc1. The monoisotopic (exact) mass is 512 g/mol. The highest BCUT2D eigenvalue weighted by Gasteiger charge is 2.37. The summed E-state index contributed by atoms with van der Waals surface area (Å²) in [6, 6.07) is 18.2. The standard InChI is InChI=1S/C29H31F3N2O3/c1-33-28(35)27(20-7-5-4-6-8-20)34-16-15-21-17-25(36-2)26(37-3)18-23(21)24(34)14-11-19-9-12-22(13-10-19)29(30,31)32/h4-10,12-13,17-18,24,27H,11,14-16H2,1-3H3,(H,33,35)/t24-,27-/m0/s1. The van der Waals surface area contributed by atoms with Gasteiger partial charge in [0.15, 0.2) is 11.5 Å². The van der Waals surface area contributed by atoms with Crippen molar-refractivity contribution in [3.05, 3.63) is 94.5 Å². The molecule has 1 amide bonds. The van der Waals surface area contributed by atoms with Crippen LogP contribution >= 0.6 is 0 Å². The third-order valence-corrected chi connectivity index (χ3v) is 6.97. The summed E-state index contributed by atoms with van der Waals surface area (Å²) in [6.07, 6.45) is -2.51. The molecule has 3 aromatic rings. The van der Waals surface area contributed by atoms with E-state index in [9.17, 15) is 18.0 Å². The van der Waals surface area contributed by atoms with Gasteiger partial charge in [0.05, 0.1) is 19.8 Å². The van der Waals surface area contributed by atoms with Gasteiger partial charge in [0, 0.05) is 19.6 Å². The summed E-state index contributed by atoms with van der Waals surface area (Å²) < 4.78 is 50.2. The fourth-order valence-corrected chi connectivity index (χ4v) is 5.11. The molecule has 0 fully saturated rings. The number of likely N-dealkylation sites (N-methyl/N-ethyl adjacent to an activating group) is 1. The third-order valence-electron chi connectivity index (χ3n) is 6.97. The number of hydrogen-bond acceptors (Lipinski definition) is 4. The molecule has 1 heterocycles. The van der Waals surface area contributed by atoms with E-state index in [0.717, 1.165) is 34.4 Å². The van der Waals surface area contributed by atoms with E-state index in [1.165, 1.54) is 12.1 Å². The summed E-state index contributed by atoms with van der Waals surface area (Å²) >= 11 is 0. The number of amides is 1. The Morgan fingerprint density at radius 1 is 1.03 bits per heavy atom. The first kappa shape index (κ1) is 26.5. The predicted octanol–water partition coefficient (Wildman–Crippen LogP) is 5.74. The third kappa shape index (κ3) is 5.74. The van der Waals surface area contributed by atoms with Crippen LogP contribution in [0.5, 0.6) is 11.5 Å². The number of fused-ring (bicyclic) bond motifs is 1. The fourth-order valence-electron chi connectivity index (χ4n) is 5.11. The van der Waals surface area contributed by atoms with Crippen LogP contribution in [-0.4, -0.2) is 38.6 Å². The molecule has 196 valence electrons.